The summed E-state index contributed by atoms with van der Waals surface area (Å²) in [6, 6.07) is 36.3. The molecule has 5 rings (SSSR count). The van der Waals surface area contributed by atoms with E-state index in [9.17, 15) is 0 Å². The number of aromatic nitrogens is 2. The van der Waals surface area contributed by atoms with Crippen LogP contribution in [-0.2, 0) is 12.8 Å². The number of fused-ring (bicyclic) bond motifs is 1. The molecule has 0 spiro atoms. The number of benzene rings is 3. The van der Waals surface area contributed by atoms with Crippen LogP contribution in [0.1, 0.15) is 36.8 Å². The van der Waals surface area contributed by atoms with Gasteiger partial charge in [0.25, 0.3) is 0 Å². The Kier molecular flexibility index (Phi) is 7.06. The van der Waals surface area contributed by atoms with Gasteiger partial charge in [0.15, 0.2) is 0 Å². The first kappa shape index (κ1) is 22.0. The van der Waals surface area contributed by atoms with E-state index >= 15 is 0 Å². The molecule has 0 bridgehead atoms. The Labute approximate surface area is 202 Å². The lowest BCUT2D eigenvalue weighted by molar-refractivity contribution is 0.640. The molecule has 2 heterocycles. The molecule has 0 radical (unpaired) electrons. The molecule has 2 aromatic heterocycles. The van der Waals surface area contributed by atoms with Gasteiger partial charge in [-0.05, 0) is 67.1 Å². The number of para-hydroxylation sites is 1. The Morgan fingerprint density at radius 2 is 1.24 bits per heavy atom. The van der Waals surface area contributed by atoms with Gasteiger partial charge in [0.05, 0.1) is 16.9 Å². The van der Waals surface area contributed by atoms with Crippen LogP contribution < -0.4 is 0 Å². The van der Waals surface area contributed by atoms with Gasteiger partial charge in [-0.25, -0.2) is 4.98 Å². The van der Waals surface area contributed by atoms with E-state index < -0.39 is 0 Å². The summed E-state index contributed by atoms with van der Waals surface area (Å²) in [4.78, 5) is 9.51. The van der Waals surface area contributed by atoms with Gasteiger partial charge in [-0.15, -0.1) is 0 Å². The third-order valence-electron chi connectivity index (χ3n) is 6.40. The van der Waals surface area contributed by atoms with Crippen molar-refractivity contribution in [1.82, 2.24) is 9.97 Å². The zero-order valence-electron chi connectivity index (χ0n) is 19.5. The molecule has 0 aliphatic rings. The molecule has 34 heavy (non-hydrogen) atoms. The van der Waals surface area contributed by atoms with Crippen LogP contribution in [0.2, 0.25) is 0 Å². The average molecular weight is 443 g/mol. The molecule has 0 aliphatic carbocycles. The summed E-state index contributed by atoms with van der Waals surface area (Å²) in [6.45, 7) is 0. The van der Waals surface area contributed by atoms with Crippen molar-refractivity contribution in [3.8, 4) is 22.5 Å². The van der Waals surface area contributed by atoms with Gasteiger partial charge in [0, 0.05) is 22.7 Å². The maximum Gasteiger partial charge on any atom is 0.0711 e. The Morgan fingerprint density at radius 3 is 2.12 bits per heavy atom. The molecule has 2 nitrogen and oxygen atoms in total. The van der Waals surface area contributed by atoms with E-state index in [4.69, 9.17) is 4.98 Å². The van der Waals surface area contributed by atoms with E-state index in [1.807, 2.05) is 24.4 Å². The fourth-order valence-electron chi connectivity index (χ4n) is 4.52. The lowest BCUT2D eigenvalue weighted by atomic mass is 10.0. The second-order valence-electron chi connectivity index (χ2n) is 8.92. The molecule has 0 unspecified atom stereocenters. The van der Waals surface area contributed by atoms with Gasteiger partial charge in [0.1, 0.15) is 0 Å². The van der Waals surface area contributed by atoms with Gasteiger partial charge in [-0.2, -0.15) is 0 Å². The van der Waals surface area contributed by atoms with E-state index in [1.54, 1.807) is 0 Å². The summed E-state index contributed by atoms with van der Waals surface area (Å²) in [6.07, 6.45) is 9.25. The average Bonchev–Trinajstić information content (AvgIpc) is 2.91. The van der Waals surface area contributed by atoms with Gasteiger partial charge >= 0.3 is 0 Å². The monoisotopic (exact) mass is 442 g/mol. The lowest BCUT2D eigenvalue weighted by Crippen LogP contribution is -1.91. The standard InChI is InChI=1S/C32H30N2/c1(4-11-25-12-6-3-7-13-25)2-5-14-26-15-10-17-28(23-26)32-24-29(21-22-33-32)31-20-19-27-16-8-9-18-30(27)34-31/h3,6-10,12-13,15-24H,1-2,4-5,11,14H2. The highest BCUT2D eigenvalue weighted by molar-refractivity contribution is 5.82. The van der Waals surface area contributed by atoms with E-state index in [0.717, 1.165) is 34.3 Å². The third-order valence-corrected chi connectivity index (χ3v) is 6.40. The summed E-state index contributed by atoms with van der Waals surface area (Å²) in [5.74, 6) is 0. The van der Waals surface area contributed by atoms with Crippen LogP contribution in [0.4, 0.5) is 0 Å². The van der Waals surface area contributed by atoms with Gasteiger partial charge in [0.2, 0.25) is 0 Å². The summed E-state index contributed by atoms with van der Waals surface area (Å²) in [5.41, 5.74) is 8.10. The topological polar surface area (TPSA) is 25.8 Å². The molecule has 0 aliphatic heterocycles. The highest BCUT2D eigenvalue weighted by Crippen LogP contribution is 2.26. The minimum absolute atomic E-state index is 0.981. The predicted octanol–water partition coefficient (Wildman–Crippen LogP) is 8.31. The van der Waals surface area contributed by atoms with E-state index in [1.165, 1.54) is 48.8 Å². The number of pyridine rings is 2. The molecule has 0 saturated carbocycles. The number of nitrogens with zero attached hydrogens (tertiary/aromatic N) is 2. The van der Waals surface area contributed by atoms with Crippen molar-refractivity contribution < 1.29 is 0 Å². The van der Waals surface area contributed by atoms with Crippen molar-refractivity contribution in [2.75, 3.05) is 0 Å². The van der Waals surface area contributed by atoms with Crippen molar-refractivity contribution in [3.63, 3.8) is 0 Å². The summed E-state index contributed by atoms with van der Waals surface area (Å²) in [5, 5.41) is 1.16. The van der Waals surface area contributed by atoms with Crippen molar-refractivity contribution in [2.45, 2.75) is 38.5 Å². The normalized spacial score (nSPS) is 11.1. The molecular formula is C32H30N2. The summed E-state index contributed by atoms with van der Waals surface area (Å²) < 4.78 is 0. The molecule has 168 valence electrons. The number of unbranched alkanes of at least 4 members (excludes halogenated alkanes) is 3. The Morgan fingerprint density at radius 1 is 0.500 bits per heavy atom. The maximum absolute atomic E-state index is 4.85. The second-order valence-corrected chi connectivity index (χ2v) is 8.92. The quantitative estimate of drug-likeness (QED) is 0.215. The van der Waals surface area contributed by atoms with Crippen molar-refractivity contribution >= 4 is 10.9 Å². The van der Waals surface area contributed by atoms with Crippen LogP contribution in [0.25, 0.3) is 33.4 Å². The van der Waals surface area contributed by atoms with Crippen LogP contribution in [0.5, 0.6) is 0 Å². The highest BCUT2D eigenvalue weighted by Gasteiger charge is 2.06. The van der Waals surface area contributed by atoms with E-state index in [2.05, 4.69) is 89.9 Å². The minimum Gasteiger partial charge on any atom is -0.256 e. The number of hydrogen-bond donors (Lipinski definition) is 0. The number of rotatable bonds is 9. The Hall–Kier alpha value is -3.78. The number of hydrogen-bond acceptors (Lipinski definition) is 2. The van der Waals surface area contributed by atoms with Crippen molar-refractivity contribution in [2.24, 2.45) is 0 Å². The van der Waals surface area contributed by atoms with Gasteiger partial charge < -0.3 is 0 Å². The Balaban J connectivity index is 1.21. The van der Waals surface area contributed by atoms with Gasteiger partial charge in [-0.1, -0.05) is 85.6 Å². The fraction of sp³-hybridized carbons (Fsp3) is 0.188. The minimum atomic E-state index is 0.981. The predicted molar refractivity (Wildman–Crippen MR) is 143 cm³/mol. The fourth-order valence-corrected chi connectivity index (χ4v) is 4.52. The summed E-state index contributed by atoms with van der Waals surface area (Å²) >= 11 is 0. The first-order valence-electron chi connectivity index (χ1n) is 12.3. The zero-order valence-corrected chi connectivity index (χ0v) is 19.5. The number of aryl methyl sites for hydroxylation is 2. The third kappa shape index (κ3) is 5.58. The molecule has 0 amide bonds. The second kappa shape index (κ2) is 10.9. The van der Waals surface area contributed by atoms with Gasteiger partial charge in [-0.3, -0.25) is 4.98 Å². The molecule has 0 fully saturated rings. The maximum atomic E-state index is 4.85. The van der Waals surface area contributed by atoms with Crippen LogP contribution in [0.15, 0.2) is 109 Å². The largest absolute Gasteiger partial charge is 0.256 e. The van der Waals surface area contributed by atoms with E-state index in [-0.39, 0.29) is 0 Å². The molecule has 3 aromatic carbocycles. The first-order valence-corrected chi connectivity index (χ1v) is 12.3. The van der Waals surface area contributed by atoms with Crippen LogP contribution in [0.3, 0.4) is 0 Å². The molecule has 2 heteroatoms. The first-order chi connectivity index (χ1) is 16.8. The van der Waals surface area contributed by atoms with E-state index in [0.29, 0.717) is 0 Å². The lowest BCUT2D eigenvalue weighted by Gasteiger charge is -2.08. The van der Waals surface area contributed by atoms with Crippen LogP contribution >= 0.6 is 0 Å². The smallest absolute Gasteiger partial charge is 0.0711 e. The Bertz CT molecular complexity index is 1360. The molecular weight excluding hydrogens is 412 g/mol. The van der Waals surface area contributed by atoms with Crippen LogP contribution in [-0.4, -0.2) is 9.97 Å². The zero-order chi connectivity index (χ0) is 23.0. The highest BCUT2D eigenvalue weighted by atomic mass is 14.7. The summed E-state index contributed by atoms with van der Waals surface area (Å²) in [7, 11) is 0. The molecule has 0 saturated heterocycles. The molecule has 0 atom stereocenters. The van der Waals surface area contributed by atoms with Crippen LogP contribution in [0, 0.1) is 0 Å². The molecule has 5 aromatic rings. The van der Waals surface area contributed by atoms with Crippen molar-refractivity contribution in [1.29, 1.82) is 0 Å². The molecule has 0 N–H and O–H groups in total. The van der Waals surface area contributed by atoms with Crippen molar-refractivity contribution in [3.05, 3.63) is 120 Å². The SMILES string of the molecule is c1ccc(CCCCCCc2cccc(-c3cc(-c4ccc5ccccc5n4)ccn3)c2)cc1.